The molecule has 0 bridgehead atoms. The van der Waals surface area contributed by atoms with E-state index in [9.17, 15) is 0 Å². The van der Waals surface area contributed by atoms with Crippen LogP contribution in [0.4, 0.5) is 0 Å². The van der Waals surface area contributed by atoms with E-state index in [1.54, 1.807) is 11.3 Å². The van der Waals surface area contributed by atoms with Gasteiger partial charge in [0, 0.05) is 11.4 Å². The molecule has 3 heteroatoms. The van der Waals surface area contributed by atoms with Crippen LogP contribution in [-0.4, -0.2) is 0 Å². The van der Waals surface area contributed by atoms with E-state index in [2.05, 4.69) is 29.8 Å². The first kappa shape index (κ1) is 8.24. The number of halogens is 1. The Kier molecular flexibility index (Phi) is 2.50. The maximum Gasteiger partial charge on any atom is 0.0748 e. The molecule has 0 aliphatic carbocycles. The minimum Gasteiger partial charge on any atom is -0.326 e. The number of hydrogen-bond acceptors (Lipinski definition) is 2. The van der Waals surface area contributed by atoms with Gasteiger partial charge >= 0.3 is 0 Å². The highest BCUT2D eigenvalue weighted by atomic mass is 79.9. The van der Waals surface area contributed by atoms with Crippen LogP contribution in [0.3, 0.4) is 0 Å². The summed E-state index contributed by atoms with van der Waals surface area (Å²) in [4.78, 5) is 1.35. The molecule has 0 radical (unpaired) electrons. The predicted octanol–water partition coefficient (Wildman–Crippen LogP) is 2.59. The topological polar surface area (TPSA) is 26.0 Å². The van der Waals surface area contributed by atoms with Gasteiger partial charge in [-0.2, -0.15) is 0 Å². The second-order valence-electron chi connectivity index (χ2n) is 2.24. The molecule has 0 unspecified atom stereocenters. The fourth-order valence-corrected chi connectivity index (χ4v) is 2.96. The second kappa shape index (κ2) is 3.03. The first-order valence-corrected chi connectivity index (χ1v) is 4.72. The molecular weight excluding hydrogens is 210 g/mol. The number of thiophene rings is 1. The first-order valence-electron chi connectivity index (χ1n) is 3.11. The summed E-state index contributed by atoms with van der Waals surface area (Å²) in [6.45, 7) is 4.86. The Hall–Kier alpha value is 0.140. The molecule has 0 atom stereocenters. The molecule has 0 fully saturated rings. The molecule has 1 heterocycles. The molecule has 0 saturated heterocycles. The van der Waals surface area contributed by atoms with Gasteiger partial charge < -0.3 is 5.73 Å². The summed E-state index contributed by atoms with van der Waals surface area (Å²) in [5.41, 5.74) is 8.13. The molecule has 0 aromatic carbocycles. The number of hydrogen-bond donors (Lipinski definition) is 1. The molecule has 1 aromatic rings. The van der Waals surface area contributed by atoms with Crippen LogP contribution in [0.2, 0.25) is 0 Å². The van der Waals surface area contributed by atoms with E-state index >= 15 is 0 Å². The summed E-state index contributed by atoms with van der Waals surface area (Å²) in [5.74, 6) is 0. The zero-order valence-electron chi connectivity index (χ0n) is 6.07. The van der Waals surface area contributed by atoms with Crippen LogP contribution in [0.1, 0.15) is 16.0 Å². The third-order valence-corrected chi connectivity index (χ3v) is 3.67. The minimum absolute atomic E-state index is 0.636. The van der Waals surface area contributed by atoms with Gasteiger partial charge in [-0.15, -0.1) is 11.3 Å². The van der Waals surface area contributed by atoms with Gasteiger partial charge in [0.05, 0.1) is 3.79 Å². The van der Waals surface area contributed by atoms with E-state index in [0.717, 1.165) is 0 Å². The standard InChI is InChI=1S/C7H10BrNS/c1-4-5(2)10-7(8)6(4)3-9/h3,9H2,1-2H3. The lowest BCUT2D eigenvalue weighted by molar-refractivity contribution is 1.05. The Morgan fingerprint density at radius 2 is 2.10 bits per heavy atom. The quantitative estimate of drug-likeness (QED) is 0.773. The largest absolute Gasteiger partial charge is 0.326 e. The van der Waals surface area contributed by atoms with Gasteiger partial charge in [0.2, 0.25) is 0 Å². The van der Waals surface area contributed by atoms with Crippen molar-refractivity contribution in [1.82, 2.24) is 0 Å². The molecule has 0 amide bonds. The van der Waals surface area contributed by atoms with Crippen molar-refractivity contribution in [2.75, 3.05) is 0 Å². The lowest BCUT2D eigenvalue weighted by Crippen LogP contribution is -1.96. The van der Waals surface area contributed by atoms with Crippen LogP contribution < -0.4 is 5.73 Å². The van der Waals surface area contributed by atoms with Crippen molar-refractivity contribution in [2.45, 2.75) is 20.4 Å². The Morgan fingerprint density at radius 1 is 1.50 bits per heavy atom. The van der Waals surface area contributed by atoms with Crippen molar-refractivity contribution in [3.8, 4) is 0 Å². The van der Waals surface area contributed by atoms with Gasteiger partial charge in [-0.05, 0) is 40.9 Å². The Morgan fingerprint density at radius 3 is 2.30 bits per heavy atom. The summed E-state index contributed by atoms with van der Waals surface area (Å²) < 4.78 is 1.19. The van der Waals surface area contributed by atoms with Crippen LogP contribution in [-0.2, 0) is 6.54 Å². The smallest absolute Gasteiger partial charge is 0.0748 e. The zero-order valence-corrected chi connectivity index (χ0v) is 8.47. The highest BCUT2D eigenvalue weighted by Gasteiger charge is 2.07. The Balaban J connectivity index is 3.20. The molecule has 10 heavy (non-hydrogen) atoms. The minimum atomic E-state index is 0.636. The van der Waals surface area contributed by atoms with E-state index in [1.807, 2.05) is 0 Å². The van der Waals surface area contributed by atoms with E-state index in [1.165, 1.54) is 19.8 Å². The SMILES string of the molecule is Cc1sc(Br)c(CN)c1C. The predicted molar refractivity (Wildman–Crippen MR) is 49.4 cm³/mol. The molecule has 1 aromatic heterocycles. The van der Waals surface area contributed by atoms with E-state index < -0.39 is 0 Å². The van der Waals surface area contributed by atoms with E-state index in [4.69, 9.17) is 5.73 Å². The van der Waals surface area contributed by atoms with Crippen LogP contribution in [0.15, 0.2) is 3.79 Å². The van der Waals surface area contributed by atoms with Crippen LogP contribution in [0, 0.1) is 13.8 Å². The summed E-state index contributed by atoms with van der Waals surface area (Å²) in [6, 6.07) is 0. The molecular formula is C7H10BrNS. The van der Waals surface area contributed by atoms with Crippen molar-refractivity contribution < 1.29 is 0 Å². The maximum absolute atomic E-state index is 5.54. The third-order valence-electron chi connectivity index (χ3n) is 1.66. The molecule has 0 aliphatic rings. The van der Waals surface area contributed by atoms with Crippen molar-refractivity contribution in [3.05, 3.63) is 19.8 Å². The highest BCUT2D eigenvalue weighted by Crippen LogP contribution is 2.31. The van der Waals surface area contributed by atoms with Crippen LogP contribution in [0.5, 0.6) is 0 Å². The molecule has 1 nitrogen and oxygen atoms in total. The average Bonchev–Trinajstić information content (AvgIpc) is 2.09. The lowest BCUT2D eigenvalue weighted by Gasteiger charge is -1.94. The third kappa shape index (κ3) is 1.26. The lowest BCUT2D eigenvalue weighted by atomic mass is 10.2. The monoisotopic (exact) mass is 219 g/mol. The van der Waals surface area contributed by atoms with Crippen molar-refractivity contribution in [1.29, 1.82) is 0 Å². The molecule has 0 aliphatic heterocycles. The number of nitrogens with two attached hydrogens (primary N) is 1. The molecule has 2 N–H and O–H groups in total. The maximum atomic E-state index is 5.54. The average molecular weight is 220 g/mol. The fraction of sp³-hybridized carbons (Fsp3) is 0.429. The second-order valence-corrected chi connectivity index (χ2v) is 4.78. The van der Waals surface area contributed by atoms with Gasteiger partial charge in [0.25, 0.3) is 0 Å². The van der Waals surface area contributed by atoms with Gasteiger partial charge in [0.15, 0.2) is 0 Å². The number of rotatable bonds is 1. The Bertz CT molecular complexity index is 242. The highest BCUT2D eigenvalue weighted by molar-refractivity contribution is 9.11. The summed E-state index contributed by atoms with van der Waals surface area (Å²) >= 11 is 5.22. The number of aryl methyl sites for hydroxylation is 1. The summed E-state index contributed by atoms with van der Waals surface area (Å²) in [7, 11) is 0. The zero-order chi connectivity index (χ0) is 7.72. The van der Waals surface area contributed by atoms with Gasteiger partial charge in [-0.3, -0.25) is 0 Å². The van der Waals surface area contributed by atoms with Gasteiger partial charge in [-0.25, -0.2) is 0 Å². The van der Waals surface area contributed by atoms with Gasteiger partial charge in [-0.1, -0.05) is 0 Å². The van der Waals surface area contributed by atoms with Crippen LogP contribution in [0.25, 0.3) is 0 Å². The fourth-order valence-electron chi connectivity index (χ4n) is 0.866. The normalized spacial score (nSPS) is 10.4. The molecule has 1 rings (SSSR count). The van der Waals surface area contributed by atoms with Gasteiger partial charge in [0.1, 0.15) is 0 Å². The molecule has 56 valence electrons. The van der Waals surface area contributed by atoms with Crippen molar-refractivity contribution in [3.63, 3.8) is 0 Å². The van der Waals surface area contributed by atoms with E-state index in [0.29, 0.717) is 6.54 Å². The molecule has 0 spiro atoms. The first-order chi connectivity index (χ1) is 4.66. The molecule has 0 saturated carbocycles. The summed E-state index contributed by atoms with van der Waals surface area (Å²) in [5, 5.41) is 0. The summed E-state index contributed by atoms with van der Waals surface area (Å²) in [6.07, 6.45) is 0. The van der Waals surface area contributed by atoms with Crippen molar-refractivity contribution >= 4 is 27.3 Å². The van der Waals surface area contributed by atoms with E-state index in [-0.39, 0.29) is 0 Å². The Labute approximate surface area is 73.4 Å². The van der Waals surface area contributed by atoms with Crippen molar-refractivity contribution in [2.24, 2.45) is 5.73 Å². The van der Waals surface area contributed by atoms with Crippen LogP contribution >= 0.6 is 27.3 Å².